The summed E-state index contributed by atoms with van der Waals surface area (Å²) in [6, 6.07) is -0.395. The van der Waals surface area contributed by atoms with E-state index < -0.39 is 17.3 Å². The van der Waals surface area contributed by atoms with Gasteiger partial charge in [-0.15, -0.1) is 0 Å². The predicted octanol–water partition coefficient (Wildman–Crippen LogP) is -0.0307. The van der Waals surface area contributed by atoms with Crippen LogP contribution in [-0.4, -0.2) is 38.9 Å². The second-order valence-corrected chi connectivity index (χ2v) is 6.91. The molecule has 2 N–H and O–H groups in total. The van der Waals surface area contributed by atoms with Gasteiger partial charge in [0, 0.05) is 27.2 Å². The molecule has 1 aliphatic heterocycles. The minimum absolute atomic E-state index is 0.0469. The zero-order chi connectivity index (χ0) is 16.9. The van der Waals surface area contributed by atoms with Crippen LogP contribution in [0.2, 0.25) is 0 Å². The fourth-order valence-corrected chi connectivity index (χ4v) is 4.05. The van der Waals surface area contributed by atoms with Crippen molar-refractivity contribution in [3.05, 3.63) is 26.4 Å². The lowest BCUT2D eigenvalue weighted by Gasteiger charge is -2.24. The average molecular weight is 320 g/mol. The number of carbonyl (C=O) groups excluding carboxylic acids is 1. The molecule has 0 radical (unpaired) electrons. The Bertz CT molecular complexity index is 752. The Balaban J connectivity index is 1.92. The van der Waals surface area contributed by atoms with Gasteiger partial charge < -0.3 is 5.73 Å². The Morgan fingerprint density at radius 2 is 1.70 bits per heavy atom. The molecule has 7 heteroatoms. The van der Waals surface area contributed by atoms with Crippen LogP contribution in [0.1, 0.15) is 36.5 Å². The first-order chi connectivity index (χ1) is 10.8. The van der Waals surface area contributed by atoms with E-state index in [1.807, 2.05) is 6.92 Å². The summed E-state index contributed by atoms with van der Waals surface area (Å²) in [5, 5.41) is 0. The number of rotatable bonds is 3. The van der Waals surface area contributed by atoms with E-state index >= 15 is 0 Å². The van der Waals surface area contributed by atoms with E-state index in [0.717, 1.165) is 22.2 Å². The lowest BCUT2D eigenvalue weighted by Crippen LogP contribution is -2.46. The minimum Gasteiger partial charge on any atom is -0.384 e. The number of anilines is 1. The monoisotopic (exact) mass is 320 g/mol. The summed E-state index contributed by atoms with van der Waals surface area (Å²) >= 11 is 0. The van der Waals surface area contributed by atoms with Crippen LogP contribution < -0.4 is 17.0 Å². The van der Waals surface area contributed by atoms with Crippen LogP contribution in [0.3, 0.4) is 0 Å². The van der Waals surface area contributed by atoms with Crippen molar-refractivity contribution in [1.29, 1.82) is 0 Å². The van der Waals surface area contributed by atoms with E-state index in [2.05, 4.69) is 4.90 Å². The van der Waals surface area contributed by atoms with E-state index in [1.165, 1.54) is 33.4 Å². The van der Waals surface area contributed by atoms with Crippen LogP contribution >= 0.6 is 0 Å². The van der Waals surface area contributed by atoms with Crippen molar-refractivity contribution in [3.63, 3.8) is 0 Å². The number of fused-ring (bicyclic) bond motifs is 1. The van der Waals surface area contributed by atoms with Gasteiger partial charge in [-0.1, -0.05) is 6.42 Å². The van der Waals surface area contributed by atoms with Crippen molar-refractivity contribution in [3.8, 4) is 0 Å². The molecule has 1 aromatic rings. The number of nitrogens with two attached hydrogens (primary N) is 1. The van der Waals surface area contributed by atoms with Crippen molar-refractivity contribution in [2.24, 2.45) is 25.9 Å². The van der Waals surface area contributed by atoms with Crippen LogP contribution in [0.5, 0.6) is 0 Å². The molecule has 1 unspecified atom stereocenters. The third-order valence-corrected chi connectivity index (χ3v) is 5.64. The van der Waals surface area contributed by atoms with Crippen LogP contribution in [0, 0.1) is 11.8 Å². The van der Waals surface area contributed by atoms with E-state index in [-0.39, 0.29) is 17.2 Å². The summed E-state index contributed by atoms with van der Waals surface area (Å²) in [5.74, 6) is 1.00. The van der Waals surface area contributed by atoms with Gasteiger partial charge in [0.15, 0.2) is 5.78 Å². The Labute approximate surface area is 134 Å². The average Bonchev–Trinajstić information content (AvgIpc) is 3.11. The van der Waals surface area contributed by atoms with Crippen LogP contribution in [0.25, 0.3) is 0 Å². The van der Waals surface area contributed by atoms with E-state index in [1.54, 1.807) is 0 Å². The van der Waals surface area contributed by atoms with Crippen molar-refractivity contribution in [1.82, 2.24) is 14.0 Å². The third kappa shape index (κ3) is 2.43. The molecule has 1 saturated carbocycles. The zero-order valence-electron chi connectivity index (χ0n) is 13.9. The van der Waals surface area contributed by atoms with Crippen molar-refractivity contribution in [2.75, 3.05) is 18.8 Å². The highest BCUT2D eigenvalue weighted by Gasteiger charge is 2.40. The predicted molar refractivity (Wildman–Crippen MR) is 87.5 cm³/mol. The van der Waals surface area contributed by atoms with Gasteiger partial charge in [0.2, 0.25) is 0 Å². The van der Waals surface area contributed by atoms with Gasteiger partial charge in [-0.3, -0.25) is 23.6 Å². The van der Waals surface area contributed by atoms with Crippen molar-refractivity contribution >= 4 is 11.6 Å². The molecule has 2 fully saturated rings. The molecule has 0 spiro atoms. The Hall–Kier alpha value is -1.89. The Morgan fingerprint density at radius 3 is 2.26 bits per heavy atom. The normalized spacial score (nSPS) is 25.5. The number of hydrogen-bond donors (Lipinski definition) is 1. The topological polar surface area (TPSA) is 90.3 Å². The maximum absolute atomic E-state index is 12.9. The molecule has 0 aromatic carbocycles. The fourth-order valence-electron chi connectivity index (χ4n) is 4.05. The van der Waals surface area contributed by atoms with Crippen molar-refractivity contribution < 1.29 is 4.79 Å². The van der Waals surface area contributed by atoms with Gasteiger partial charge in [0.05, 0.1) is 6.04 Å². The molecule has 2 aliphatic rings. The number of aromatic nitrogens is 2. The number of ketones is 1. The van der Waals surface area contributed by atoms with Crippen LogP contribution in [0.15, 0.2) is 9.59 Å². The molecule has 0 bridgehead atoms. The lowest BCUT2D eigenvalue weighted by molar-refractivity contribution is 0.0856. The number of likely N-dealkylation sites (tertiary alicyclic amines) is 1. The van der Waals surface area contributed by atoms with Gasteiger partial charge in [-0.2, -0.15) is 0 Å². The largest absolute Gasteiger partial charge is 0.384 e. The van der Waals surface area contributed by atoms with Crippen LogP contribution in [0.4, 0.5) is 5.82 Å². The molecule has 126 valence electrons. The second-order valence-electron chi connectivity index (χ2n) is 6.91. The van der Waals surface area contributed by atoms with Crippen LogP contribution in [-0.2, 0) is 14.1 Å². The maximum Gasteiger partial charge on any atom is 0.332 e. The molecule has 0 amide bonds. The Morgan fingerprint density at radius 1 is 1.13 bits per heavy atom. The van der Waals surface area contributed by atoms with Gasteiger partial charge >= 0.3 is 5.69 Å². The third-order valence-electron chi connectivity index (χ3n) is 5.64. The fraction of sp³-hybridized carbons (Fsp3) is 0.688. The SMILES string of the molecule is CC(C(=O)c1c(N)n(C)c(=O)n(C)c1=O)N1C[C@H]2CCC[C@H]2C1. The standard InChI is InChI=1S/C16H24N4O3/c1-9(20-7-10-5-4-6-11(10)8-20)13(21)12-14(17)18(2)16(23)19(3)15(12)22/h9-11H,4-8,17H2,1-3H3/t9?,10-,11+. The van der Waals surface area contributed by atoms with Gasteiger partial charge in [0.1, 0.15) is 11.4 Å². The summed E-state index contributed by atoms with van der Waals surface area (Å²) in [5.41, 5.74) is 4.69. The summed E-state index contributed by atoms with van der Waals surface area (Å²) in [6.07, 6.45) is 3.73. The number of nitrogens with zero attached hydrogens (tertiary/aromatic N) is 3. The molecule has 1 aromatic heterocycles. The van der Waals surface area contributed by atoms with Gasteiger partial charge in [0.25, 0.3) is 5.56 Å². The smallest absolute Gasteiger partial charge is 0.332 e. The molecule has 2 heterocycles. The molecule has 3 rings (SSSR count). The molecular formula is C16H24N4O3. The summed E-state index contributed by atoms with van der Waals surface area (Å²) in [6.45, 7) is 3.64. The van der Waals surface area contributed by atoms with Crippen molar-refractivity contribution in [2.45, 2.75) is 32.2 Å². The molecule has 7 nitrogen and oxygen atoms in total. The summed E-state index contributed by atoms with van der Waals surface area (Å²) in [4.78, 5) is 39.2. The first-order valence-corrected chi connectivity index (χ1v) is 8.16. The molecule has 1 aliphatic carbocycles. The highest BCUT2D eigenvalue weighted by atomic mass is 16.2. The molecule has 3 atom stereocenters. The first-order valence-electron chi connectivity index (χ1n) is 8.16. The van der Waals surface area contributed by atoms with Gasteiger partial charge in [-0.05, 0) is 31.6 Å². The highest BCUT2D eigenvalue weighted by molar-refractivity contribution is 6.03. The highest BCUT2D eigenvalue weighted by Crippen LogP contribution is 2.38. The van der Waals surface area contributed by atoms with Gasteiger partial charge in [-0.25, -0.2) is 4.79 Å². The molecular weight excluding hydrogens is 296 g/mol. The quantitative estimate of drug-likeness (QED) is 0.790. The lowest BCUT2D eigenvalue weighted by atomic mass is 10.0. The van der Waals surface area contributed by atoms with E-state index in [9.17, 15) is 14.4 Å². The summed E-state index contributed by atoms with van der Waals surface area (Å²) in [7, 11) is 2.84. The Kier molecular flexibility index (Phi) is 3.91. The molecule has 1 saturated heterocycles. The van der Waals surface area contributed by atoms with E-state index in [4.69, 9.17) is 5.73 Å². The zero-order valence-corrected chi connectivity index (χ0v) is 13.9. The number of nitrogen functional groups attached to an aromatic ring is 1. The second kappa shape index (κ2) is 5.63. The minimum atomic E-state index is -0.609. The number of Topliss-reactive ketones (excluding diaryl/α,β-unsaturated/α-hetero) is 1. The molecule has 23 heavy (non-hydrogen) atoms. The summed E-state index contributed by atoms with van der Waals surface area (Å²) < 4.78 is 2.09. The van der Waals surface area contributed by atoms with E-state index in [0.29, 0.717) is 11.8 Å². The number of carbonyl (C=O) groups is 1. The number of hydrogen-bond acceptors (Lipinski definition) is 5. The first kappa shape index (κ1) is 16.0. The maximum atomic E-state index is 12.9.